The van der Waals surface area contributed by atoms with Crippen LogP contribution < -0.4 is 0 Å². The third-order valence-corrected chi connectivity index (χ3v) is 5.30. The zero-order valence-corrected chi connectivity index (χ0v) is 14.3. The number of aromatic nitrogens is 4. The van der Waals surface area contributed by atoms with Crippen LogP contribution in [0.15, 0.2) is 6.33 Å². The van der Waals surface area contributed by atoms with E-state index in [1.165, 1.54) is 15.9 Å². The van der Waals surface area contributed by atoms with Crippen LogP contribution in [0.1, 0.15) is 26.7 Å². The molecule has 25 heavy (non-hydrogen) atoms. The van der Waals surface area contributed by atoms with Crippen molar-refractivity contribution in [2.75, 3.05) is 32.8 Å². The van der Waals surface area contributed by atoms with E-state index in [-0.39, 0.29) is 5.91 Å². The van der Waals surface area contributed by atoms with Crippen molar-refractivity contribution in [1.82, 2.24) is 30.0 Å². The molecule has 0 radical (unpaired) electrons. The number of hydrogen-bond donors (Lipinski definition) is 0. The lowest BCUT2D eigenvalue weighted by Crippen LogP contribution is -2.73. The Hall–Kier alpha value is -2.10. The molecule has 1 saturated carbocycles. The van der Waals surface area contributed by atoms with Crippen molar-refractivity contribution in [2.24, 2.45) is 0 Å². The fourth-order valence-corrected chi connectivity index (χ4v) is 3.51. The zero-order chi connectivity index (χ0) is 17.9. The van der Waals surface area contributed by atoms with Gasteiger partial charge in [-0.1, -0.05) is 0 Å². The minimum absolute atomic E-state index is 0.114. The number of amides is 2. The molecule has 0 atom stereocenters. The number of ether oxygens (including phenoxy) is 1. The molecule has 2 aliphatic heterocycles. The SMILES string of the molecule is CC(C)(C(=O)N1CCOC2(CN(C(=O)C3(F)CC3)C2)C1)n1cnnn1. The van der Waals surface area contributed by atoms with Gasteiger partial charge in [-0.05, 0) is 37.1 Å². The first-order chi connectivity index (χ1) is 11.8. The van der Waals surface area contributed by atoms with Gasteiger partial charge in [0.15, 0.2) is 5.67 Å². The fraction of sp³-hybridized carbons (Fsp3) is 0.800. The molecular weight excluding hydrogens is 331 g/mol. The minimum atomic E-state index is -1.66. The topological polar surface area (TPSA) is 93.5 Å². The minimum Gasteiger partial charge on any atom is -0.368 e. The summed E-state index contributed by atoms with van der Waals surface area (Å²) in [6.45, 7) is 5.39. The number of halogens is 1. The Morgan fingerprint density at radius 3 is 2.48 bits per heavy atom. The van der Waals surface area contributed by atoms with E-state index in [1.807, 2.05) is 0 Å². The maximum Gasteiger partial charge on any atom is 0.260 e. The molecule has 0 aromatic carbocycles. The van der Waals surface area contributed by atoms with E-state index in [2.05, 4.69) is 15.5 Å². The van der Waals surface area contributed by atoms with Crippen LogP contribution in [0, 0.1) is 0 Å². The number of rotatable bonds is 3. The van der Waals surface area contributed by atoms with Crippen LogP contribution in [0.2, 0.25) is 0 Å². The second kappa shape index (κ2) is 5.20. The highest BCUT2D eigenvalue weighted by Gasteiger charge is 2.59. The molecule has 3 heterocycles. The van der Waals surface area contributed by atoms with E-state index in [9.17, 15) is 14.0 Å². The highest BCUT2D eigenvalue weighted by molar-refractivity contribution is 5.89. The van der Waals surface area contributed by atoms with Crippen molar-refractivity contribution < 1.29 is 18.7 Å². The van der Waals surface area contributed by atoms with Crippen molar-refractivity contribution in [2.45, 2.75) is 43.5 Å². The molecule has 1 spiro atoms. The Bertz CT molecular complexity index is 696. The van der Waals surface area contributed by atoms with Gasteiger partial charge in [0.25, 0.3) is 5.91 Å². The van der Waals surface area contributed by atoms with E-state index < -0.39 is 22.7 Å². The number of carbonyl (C=O) groups is 2. The highest BCUT2D eigenvalue weighted by Crippen LogP contribution is 2.44. The quantitative estimate of drug-likeness (QED) is 0.718. The molecule has 2 saturated heterocycles. The van der Waals surface area contributed by atoms with Crippen LogP contribution >= 0.6 is 0 Å². The lowest BCUT2D eigenvalue weighted by molar-refractivity contribution is -0.199. The molecule has 1 aromatic rings. The monoisotopic (exact) mass is 352 g/mol. The second-order valence-corrected chi connectivity index (χ2v) is 7.70. The molecule has 9 nitrogen and oxygen atoms in total. The molecule has 136 valence electrons. The number of hydrogen-bond acceptors (Lipinski definition) is 6. The normalized spacial score (nSPS) is 24.1. The van der Waals surface area contributed by atoms with Gasteiger partial charge < -0.3 is 14.5 Å². The third-order valence-electron chi connectivity index (χ3n) is 5.30. The van der Waals surface area contributed by atoms with E-state index in [1.54, 1.807) is 18.7 Å². The van der Waals surface area contributed by atoms with E-state index >= 15 is 0 Å². The average Bonchev–Trinajstić information content (AvgIpc) is 3.09. The molecule has 1 aromatic heterocycles. The van der Waals surface area contributed by atoms with Gasteiger partial charge in [0.2, 0.25) is 5.91 Å². The standard InChI is InChI=1S/C15H21FN6O3/c1-13(2,22-10-17-18-19-22)11(23)20-5-6-25-14(7-20)8-21(9-14)12(24)15(16)3-4-15/h10H,3-9H2,1-2H3. The molecule has 3 fully saturated rings. The molecule has 2 amide bonds. The van der Waals surface area contributed by atoms with Crippen molar-refractivity contribution in [1.29, 1.82) is 0 Å². The number of nitrogens with zero attached hydrogens (tertiary/aromatic N) is 6. The number of likely N-dealkylation sites (tertiary alicyclic amines) is 1. The lowest BCUT2D eigenvalue weighted by atomic mass is 9.90. The number of carbonyl (C=O) groups excluding carboxylic acids is 2. The molecule has 3 aliphatic rings. The van der Waals surface area contributed by atoms with Crippen LogP contribution in [0.25, 0.3) is 0 Å². The molecular formula is C15H21FN6O3. The second-order valence-electron chi connectivity index (χ2n) is 7.70. The van der Waals surface area contributed by atoms with E-state index in [4.69, 9.17) is 4.74 Å². The van der Waals surface area contributed by atoms with Crippen molar-refractivity contribution in [3.63, 3.8) is 0 Å². The summed E-state index contributed by atoms with van der Waals surface area (Å²) in [5, 5.41) is 11.0. The van der Waals surface area contributed by atoms with E-state index in [0.29, 0.717) is 45.6 Å². The number of alkyl halides is 1. The zero-order valence-electron chi connectivity index (χ0n) is 14.3. The van der Waals surface area contributed by atoms with Gasteiger partial charge in [0, 0.05) is 6.54 Å². The van der Waals surface area contributed by atoms with Gasteiger partial charge in [-0.15, -0.1) is 5.10 Å². The van der Waals surface area contributed by atoms with Crippen molar-refractivity contribution >= 4 is 11.8 Å². The molecule has 4 rings (SSSR count). The Kier molecular flexibility index (Phi) is 3.40. The van der Waals surface area contributed by atoms with Gasteiger partial charge in [0.1, 0.15) is 17.5 Å². The summed E-state index contributed by atoms with van der Waals surface area (Å²) in [6.07, 6.45) is 2.02. The predicted molar refractivity (Wildman–Crippen MR) is 82.1 cm³/mol. The summed E-state index contributed by atoms with van der Waals surface area (Å²) in [5.41, 5.74) is -3.17. The van der Waals surface area contributed by atoms with E-state index in [0.717, 1.165) is 0 Å². The molecule has 1 aliphatic carbocycles. The van der Waals surface area contributed by atoms with Crippen LogP contribution in [-0.2, 0) is 19.9 Å². The summed E-state index contributed by atoms with van der Waals surface area (Å²) in [7, 11) is 0. The Morgan fingerprint density at radius 1 is 1.20 bits per heavy atom. The van der Waals surface area contributed by atoms with Gasteiger partial charge >= 0.3 is 0 Å². The molecule has 0 bridgehead atoms. The van der Waals surface area contributed by atoms with Crippen LogP contribution in [0.3, 0.4) is 0 Å². The fourth-order valence-electron chi connectivity index (χ4n) is 3.51. The summed E-state index contributed by atoms with van der Waals surface area (Å²) in [4.78, 5) is 28.2. The predicted octanol–water partition coefficient (Wildman–Crippen LogP) is -0.650. The maximum absolute atomic E-state index is 13.9. The number of tetrazole rings is 1. The Morgan fingerprint density at radius 2 is 1.88 bits per heavy atom. The van der Waals surface area contributed by atoms with Gasteiger partial charge in [-0.2, -0.15) is 0 Å². The average molecular weight is 352 g/mol. The van der Waals surface area contributed by atoms with Crippen LogP contribution in [0.5, 0.6) is 0 Å². The highest BCUT2D eigenvalue weighted by atomic mass is 19.1. The first kappa shape index (κ1) is 16.4. The molecule has 0 N–H and O–H groups in total. The first-order valence-electron chi connectivity index (χ1n) is 8.41. The summed E-state index contributed by atoms with van der Waals surface area (Å²) < 4.78 is 21.2. The molecule has 0 unspecified atom stereocenters. The first-order valence-corrected chi connectivity index (χ1v) is 8.41. The van der Waals surface area contributed by atoms with Gasteiger partial charge in [0.05, 0.1) is 26.2 Å². The van der Waals surface area contributed by atoms with Gasteiger partial charge in [-0.3, -0.25) is 9.59 Å². The van der Waals surface area contributed by atoms with Crippen LogP contribution in [-0.4, -0.2) is 85.9 Å². The van der Waals surface area contributed by atoms with Crippen molar-refractivity contribution in [3.8, 4) is 0 Å². The Balaban J connectivity index is 1.42. The summed E-state index contributed by atoms with van der Waals surface area (Å²) in [5.74, 6) is -0.560. The lowest BCUT2D eigenvalue weighted by Gasteiger charge is -2.54. The Labute approximate surface area is 144 Å². The van der Waals surface area contributed by atoms with Crippen LogP contribution in [0.4, 0.5) is 4.39 Å². The summed E-state index contributed by atoms with van der Waals surface area (Å²) in [6, 6.07) is 0. The largest absolute Gasteiger partial charge is 0.368 e. The van der Waals surface area contributed by atoms with Gasteiger partial charge in [-0.25, -0.2) is 9.07 Å². The smallest absolute Gasteiger partial charge is 0.260 e. The summed E-state index contributed by atoms with van der Waals surface area (Å²) >= 11 is 0. The molecule has 10 heteroatoms. The third kappa shape index (κ3) is 2.59. The maximum atomic E-state index is 13.9. The number of morpholine rings is 1. The van der Waals surface area contributed by atoms with Crippen molar-refractivity contribution in [3.05, 3.63) is 6.33 Å².